The molecule has 2 nitrogen and oxygen atoms in total. The molecule has 2 atom stereocenters. The highest BCUT2D eigenvalue weighted by molar-refractivity contribution is 4.58. The van der Waals surface area contributed by atoms with E-state index >= 15 is 0 Å². The fraction of sp³-hybridized carbons (Fsp3) is 1.00. The van der Waals surface area contributed by atoms with Gasteiger partial charge in [0, 0.05) is 0 Å². The Bertz CT molecular complexity index is 171. The normalized spacial score (nSPS) is 14.5. The zero-order chi connectivity index (χ0) is 14.3. The van der Waals surface area contributed by atoms with E-state index in [0.717, 1.165) is 44.9 Å². The zero-order valence-electron chi connectivity index (χ0n) is 13.2. The summed E-state index contributed by atoms with van der Waals surface area (Å²) in [6.45, 7) is 4.32. The molecule has 116 valence electrons. The quantitative estimate of drug-likeness (QED) is 0.445. The van der Waals surface area contributed by atoms with Crippen LogP contribution in [0, 0.1) is 0 Å². The lowest BCUT2D eigenvalue weighted by atomic mass is 10.0. The van der Waals surface area contributed by atoms with Crippen molar-refractivity contribution in [1.82, 2.24) is 0 Å². The summed E-state index contributed by atoms with van der Waals surface area (Å²) in [7, 11) is 0. The second kappa shape index (κ2) is 14.3. The highest BCUT2D eigenvalue weighted by Gasteiger charge is 2.04. The molecule has 0 aromatic rings. The van der Waals surface area contributed by atoms with Gasteiger partial charge in [0.15, 0.2) is 0 Å². The Hall–Kier alpha value is -0.0800. The fourth-order valence-electron chi connectivity index (χ4n) is 2.54. The largest absolute Gasteiger partial charge is 0.393 e. The highest BCUT2D eigenvalue weighted by Crippen LogP contribution is 2.14. The van der Waals surface area contributed by atoms with Crippen LogP contribution in [0.3, 0.4) is 0 Å². The van der Waals surface area contributed by atoms with Crippen molar-refractivity contribution in [3.8, 4) is 0 Å². The SMILES string of the molecule is CCCCCC(O)CCCCCCCC(O)CCC. The minimum absolute atomic E-state index is 0.0714. The molecule has 0 amide bonds. The molecule has 0 aliphatic rings. The third-order valence-electron chi connectivity index (χ3n) is 3.84. The molecule has 0 fully saturated rings. The van der Waals surface area contributed by atoms with E-state index < -0.39 is 0 Å². The van der Waals surface area contributed by atoms with Gasteiger partial charge in [-0.15, -0.1) is 0 Å². The maximum Gasteiger partial charge on any atom is 0.0540 e. The summed E-state index contributed by atoms with van der Waals surface area (Å²) in [6, 6.07) is 0. The topological polar surface area (TPSA) is 40.5 Å². The summed E-state index contributed by atoms with van der Waals surface area (Å²) < 4.78 is 0. The molecule has 2 unspecified atom stereocenters. The molecule has 0 aromatic heterocycles. The molecule has 0 saturated heterocycles. The molecule has 0 rings (SSSR count). The fourth-order valence-corrected chi connectivity index (χ4v) is 2.54. The highest BCUT2D eigenvalue weighted by atomic mass is 16.3. The van der Waals surface area contributed by atoms with Gasteiger partial charge in [-0.25, -0.2) is 0 Å². The number of hydrogen-bond acceptors (Lipinski definition) is 2. The predicted molar refractivity (Wildman–Crippen MR) is 83.4 cm³/mol. The smallest absolute Gasteiger partial charge is 0.0540 e. The Morgan fingerprint density at radius 2 is 0.947 bits per heavy atom. The minimum Gasteiger partial charge on any atom is -0.393 e. The van der Waals surface area contributed by atoms with Gasteiger partial charge in [0.2, 0.25) is 0 Å². The zero-order valence-corrected chi connectivity index (χ0v) is 13.2. The summed E-state index contributed by atoms with van der Waals surface area (Å²) >= 11 is 0. The average molecular weight is 272 g/mol. The third-order valence-corrected chi connectivity index (χ3v) is 3.84. The number of hydrogen-bond donors (Lipinski definition) is 2. The molecule has 0 aliphatic heterocycles. The molecule has 19 heavy (non-hydrogen) atoms. The molecule has 2 N–H and O–H groups in total. The second-order valence-electron chi connectivity index (χ2n) is 5.94. The summed E-state index contributed by atoms with van der Waals surface area (Å²) in [5.41, 5.74) is 0. The molecule has 2 heteroatoms. The van der Waals surface area contributed by atoms with Crippen LogP contribution in [0.2, 0.25) is 0 Å². The van der Waals surface area contributed by atoms with Gasteiger partial charge in [-0.3, -0.25) is 0 Å². The van der Waals surface area contributed by atoms with E-state index in [0.29, 0.717) is 0 Å². The summed E-state index contributed by atoms with van der Waals surface area (Å²) in [4.78, 5) is 0. The summed E-state index contributed by atoms with van der Waals surface area (Å²) in [6.07, 6.45) is 14.5. The molecule has 0 radical (unpaired) electrons. The molecule has 0 aromatic carbocycles. The van der Waals surface area contributed by atoms with Crippen LogP contribution in [0.15, 0.2) is 0 Å². The van der Waals surface area contributed by atoms with Crippen LogP contribution in [0.5, 0.6) is 0 Å². The first-order valence-electron chi connectivity index (χ1n) is 8.56. The van der Waals surface area contributed by atoms with E-state index in [-0.39, 0.29) is 12.2 Å². The van der Waals surface area contributed by atoms with Crippen LogP contribution in [-0.4, -0.2) is 22.4 Å². The van der Waals surface area contributed by atoms with Crippen LogP contribution >= 0.6 is 0 Å². The van der Waals surface area contributed by atoms with E-state index in [1.54, 1.807) is 0 Å². The first-order chi connectivity index (χ1) is 9.20. The Kier molecular flexibility index (Phi) is 14.3. The Balaban J connectivity index is 3.17. The van der Waals surface area contributed by atoms with E-state index in [2.05, 4.69) is 13.8 Å². The lowest BCUT2D eigenvalue weighted by molar-refractivity contribution is 0.146. The van der Waals surface area contributed by atoms with Crippen molar-refractivity contribution in [2.75, 3.05) is 0 Å². The van der Waals surface area contributed by atoms with Crippen LogP contribution in [0.1, 0.15) is 97.3 Å². The lowest BCUT2D eigenvalue weighted by Gasteiger charge is -2.10. The van der Waals surface area contributed by atoms with E-state index in [1.165, 1.54) is 38.5 Å². The Morgan fingerprint density at radius 1 is 0.526 bits per heavy atom. The van der Waals surface area contributed by atoms with Gasteiger partial charge >= 0.3 is 0 Å². The predicted octanol–water partition coefficient (Wildman–Crippen LogP) is 4.82. The molecule has 0 aliphatic carbocycles. The van der Waals surface area contributed by atoms with Gasteiger partial charge in [0.05, 0.1) is 12.2 Å². The van der Waals surface area contributed by atoms with Gasteiger partial charge in [0.25, 0.3) is 0 Å². The number of aliphatic hydroxyl groups is 2. The van der Waals surface area contributed by atoms with Crippen molar-refractivity contribution in [1.29, 1.82) is 0 Å². The van der Waals surface area contributed by atoms with Crippen molar-refractivity contribution in [2.45, 2.75) is 110 Å². The summed E-state index contributed by atoms with van der Waals surface area (Å²) in [5, 5.41) is 19.4. The Labute approximate surface area is 120 Å². The minimum atomic E-state index is -0.0783. The van der Waals surface area contributed by atoms with Crippen molar-refractivity contribution in [2.24, 2.45) is 0 Å². The molecular weight excluding hydrogens is 236 g/mol. The number of aliphatic hydroxyl groups excluding tert-OH is 2. The molecular formula is C17H36O2. The maximum atomic E-state index is 9.78. The molecule has 0 saturated carbocycles. The van der Waals surface area contributed by atoms with Crippen LogP contribution in [0.25, 0.3) is 0 Å². The van der Waals surface area contributed by atoms with Crippen molar-refractivity contribution in [3.05, 3.63) is 0 Å². The van der Waals surface area contributed by atoms with Crippen molar-refractivity contribution < 1.29 is 10.2 Å². The van der Waals surface area contributed by atoms with Crippen LogP contribution in [-0.2, 0) is 0 Å². The maximum absolute atomic E-state index is 9.78. The Morgan fingerprint density at radius 3 is 1.42 bits per heavy atom. The van der Waals surface area contributed by atoms with E-state index in [9.17, 15) is 10.2 Å². The van der Waals surface area contributed by atoms with Gasteiger partial charge < -0.3 is 10.2 Å². The first-order valence-corrected chi connectivity index (χ1v) is 8.56. The average Bonchev–Trinajstić information content (AvgIpc) is 2.38. The summed E-state index contributed by atoms with van der Waals surface area (Å²) in [5.74, 6) is 0. The third kappa shape index (κ3) is 14.1. The van der Waals surface area contributed by atoms with Crippen LogP contribution in [0.4, 0.5) is 0 Å². The monoisotopic (exact) mass is 272 g/mol. The molecule has 0 spiro atoms. The van der Waals surface area contributed by atoms with Crippen LogP contribution < -0.4 is 0 Å². The van der Waals surface area contributed by atoms with Gasteiger partial charge in [-0.05, 0) is 25.7 Å². The number of unbranched alkanes of at least 4 members (excludes halogenated alkanes) is 6. The first kappa shape index (κ1) is 18.9. The van der Waals surface area contributed by atoms with E-state index in [1.807, 2.05) is 0 Å². The van der Waals surface area contributed by atoms with Gasteiger partial charge in [0.1, 0.15) is 0 Å². The lowest BCUT2D eigenvalue weighted by Crippen LogP contribution is -2.06. The van der Waals surface area contributed by atoms with Crippen molar-refractivity contribution in [3.63, 3.8) is 0 Å². The second-order valence-corrected chi connectivity index (χ2v) is 5.94. The van der Waals surface area contributed by atoms with Crippen molar-refractivity contribution >= 4 is 0 Å². The van der Waals surface area contributed by atoms with Gasteiger partial charge in [-0.2, -0.15) is 0 Å². The standard InChI is InChI=1S/C17H36O2/c1-3-5-9-13-17(19)15-11-8-6-7-10-14-16(18)12-4-2/h16-19H,3-15H2,1-2H3. The molecule has 0 heterocycles. The van der Waals surface area contributed by atoms with Gasteiger partial charge in [-0.1, -0.05) is 71.6 Å². The number of rotatable bonds is 14. The molecule has 0 bridgehead atoms. The van der Waals surface area contributed by atoms with E-state index in [4.69, 9.17) is 0 Å².